The monoisotopic (exact) mass is 169 g/mol. The SMILES string of the molecule is CC(C)N1CC2CCCC1CO2. The van der Waals surface area contributed by atoms with Gasteiger partial charge in [0.2, 0.25) is 0 Å². The van der Waals surface area contributed by atoms with Gasteiger partial charge in [-0.3, -0.25) is 4.90 Å². The number of hydrogen-bond acceptors (Lipinski definition) is 2. The number of nitrogens with zero attached hydrogens (tertiary/aromatic N) is 1. The van der Waals surface area contributed by atoms with E-state index >= 15 is 0 Å². The number of morpholine rings is 1. The normalized spacial score (nSPS) is 37.2. The van der Waals surface area contributed by atoms with Crippen LogP contribution in [0.4, 0.5) is 0 Å². The van der Waals surface area contributed by atoms with E-state index < -0.39 is 0 Å². The Balaban J connectivity index is 2.06. The maximum atomic E-state index is 5.74. The van der Waals surface area contributed by atoms with E-state index in [-0.39, 0.29) is 0 Å². The fourth-order valence-electron chi connectivity index (χ4n) is 2.42. The van der Waals surface area contributed by atoms with Gasteiger partial charge in [0, 0.05) is 18.6 Å². The topological polar surface area (TPSA) is 12.5 Å². The molecule has 0 amide bonds. The minimum Gasteiger partial charge on any atom is -0.375 e. The standard InChI is InChI=1S/C10H19NO/c1-8(2)11-6-10-5-3-4-9(11)7-12-10/h8-10H,3-7H2,1-2H3. The molecule has 0 aliphatic carbocycles. The quantitative estimate of drug-likeness (QED) is 0.592. The molecule has 3 aliphatic heterocycles. The van der Waals surface area contributed by atoms with E-state index in [0.717, 1.165) is 6.61 Å². The molecule has 70 valence electrons. The molecule has 3 rings (SSSR count). The van der Waals surface area contributed by atoms with Crippen molar-refractivity contribution in [2.24, 2.45) is 0 Å². The highest BCUT2D eigenvalue weighted by molar-refractivity contribution is 4.86. The summed E-state index contributed by atoms with van der Waals surface area (Å²) < 4.78 is 5.74. The molecule has 3 aliphatic rings. The molecule has 0 saturated carbocycles. The fraction of sp³-hybridized carbons (Fsp3) is 1.00. The van der Waals surface area contributed by atoms with Crippen LogP contribution in [0.1, 0.15) is 33.1 Å². The summed E-state index contributed by atoms with van der Waals surface area (Å²) in [6, 6.07) is 1.41. The summed E-state index contributed by atoms with van der Waals surface area (Å²) in [6.07, 6.45) is 4.51. The third kappa shape index (κ3) is 1.50. The average molecular weight is 169 g/mol. The number of hydrogen-bond donors (Lipinski definition) is 0. The van der Waals surface area contributed by atoms with Gasteiger partial charge < -0.3 is 4.74 Å². The molecule has 0 radical (unpaired) electrons. The summed E-state index contributed by atoms with van der Waals surface area (Å²) in [6.45, 7) is 6.73. The van der Waals surface area contributed by atoms with E-state index in [4.69, 9.17) is 4.74 Å². The number of fused-ring (bicyclic) bond motifs is 4. The summed E-state index contributed by atoms with van der Waals surface area (Å²) in [7, 11) is 0. The smallest absolute Gasteiger partial charge is 0.0703 e. The molecule has 3 heterocycles. The first-order valence-electron chi connectivity index (χ1n) is 5.14. The minimum absolute atomic E-state index is 0.533. The van der Waals surface area contributed by atoms with Gasteiger partial charge in [-0.15, -0.1) is 0 Å². The largest absolute Gasteiger partial charge is 0.375 e. The van der Waals surface area contributed by atoms with Crippen molar-refractivity contribution in [3.8, 4) is 0 Å². The Bertz CT molecular complexity index is 154. The van der Waals surface area contributed by atoms with Crippen LogP contribution in [-0.4, -0.2) is 36.2 Å². The second kappa shape index (κ2) is 3.35. The van der Waals surface area contributed by atoms with Crippen LogP contribution in [0.3, 0.4) is 0 Å². The van der Waals surface area contributed by atoms with Gasteiger partial charge >= 0.3 is 0 Å². The molecular formula is C10H19NO. The van der Waals surface area contributed by atoms with Gasteiger partial charge in [-0.1, -0.05) is 0 Å². The van der Waals surface area contributed by atoms with Crippen molar-refractivity contribution in [2.75, 3.05) is 13.2 Å². The molecule has 2 unspecified atom stereocenters. The van der Waals surface area contributed by atoms with Crippen LogP contribution in [0.2, 0.25) is 0 Å². The lowest BCUT2D eigenvalue weighted by molar-refractivity contribution is -0.0610. The Kier molecular flexibility index (Phi) is 2.37. The van der Waals surface area contributed by atoms with Crippen molar-refractivity contribution < 1.29 is 4.74 Å². The predicted molar refractivity (Wildman–Crippen MR) is 49.2 cm³/mol. The van der Waals surface area contributed by atoms with Crippen LogP contribution < -0.4 is 0 Å². The molecule has 2 heteroatoms. The maximum Gasteiger partial charge on any atom is 0.0703 e. The first-order valence-corrected chi connectivity index (χ1v) is 5.14. The lowest BCUT2D eigenvalue weighted by Crippen LogP contribution is -2.50. The molecule has 3 fully saturated rings. The van der Waals surface area contributed by atoms with E-state index in [2.05, 4.69) is 18.7 Å². The first-order chi connectivity index (χ1) is 5.77. The van der Waals surface area contributed by atoms with Crippen molar-refractivity contribution in [3.63, 3.8) is 0 Å². The Morgan fingerprint density at radius 3 is 2.92 bits per heavy atom. The Hall–Kier alpha value is -0.0800. The highest BCUT2D eigenvalue weighted by atomic mass is 16.5. The molecular weight excluding hydrogens is 150 g/mol. The summed E-state index contributed by atoms with van der Waals surface area (Å²) in [5.41, 5.74) is 0. The van der Waals surface area contributed by atoms with E-state index in [1.807, 2.05) is 0 Å². The van der Waals surface area contributed by atoms with Crippen LogP contribution >= 0.6 is 0 Å². The van der Waals surface area contributed by atoms with Crippen molar-refractivity contribution in [1.82, 2.24) is 4.90 Å². The third-order valence-electron chi connectivity index (χ3n) is 3.13. The van der Waals surface area contributed by atoms with Crippen LogP contribution in [-0.2, 0) is 4.74 Å². The van der Waals surface area contributed by atoms with Crippen molar-refractivity contribution in [1.29, 1.82) is 0 Å². The number of rotatable bonds is 1. The van der Waals surface area contributed by atoms with Gasteiger partial charge in [-0.2, -0.15) is 0 Å². The van der Waals surface area contributed by atoms with Gasteiger partial charge in [0.05, 0.1) is 12.7 Å². The molecule has 2 atom stereocenters. The maximum absolute atomic E-state index is 5.74. The molecule has 0 spiro atoms. The fourth-order valence-corrected chi connectivity index (χ4v) is 2.42. The van der Waals surface area contributed by atoms with E-state index in [9.17, 15) is 0 Å². The zero-order valence-electron chi connectivity index (χ0n) is 8.12. The first kappa shape index (κ1) is 8.52. The van der Waals surface area contributed by atoms with E-state index in [1.54, 1.807) is 0 Å². The average Bonchev–Trinajstić information content (AvgIpc) is 2.36. The molecule has 0 N–H and O–H groups in total. The highest BCUT2D eigenvalue weighted by Gasteiger charge is 2.32. The van der Waals surface area contributed by atoms with Crippen molar-refractivity contribution in [2.45, 2.75) is 51.3 Å². The molecule has 12 heavy (non-hydrogen) atoms. The summed E-state index contributed by atoms with van der Waals surface area (Å²) in [5.74, 6) is 0. The van der Waals surface area contributed by atoms with Gasteiger partial charge in [-0.05, 0) is 33.1 Å². The van der Waals surface area contributed by atoms with Crippen LogP contribution in [0.5, 0.6) is 0 Å². The van der Waals surface area contributed by atoms with Gasteiger partial charge in [-0.25, -0.2) is 0 Å². The van der Waals surface area contributed by atoms with Crippen molar-refractivity contribution in [3.05, 3.63) is 0 Å². The third-order valence-corrected chi connectivity index (χ3v) is 3.13. The highest BCUT2D eigenvalue weighted by Crippen LogP contribution is 2.26. The van der Waals surface area contributed by atoms with Gasteiger partial charge in [0.15, 0.2) is 0 Å². The second-order valence-corrected chi connectivity index (χ2v) is 4.33. The molecule has 3 saturated heterocycles. The van der Waals surface area contributed by atoms with Gasteiger partial charge in [0.1, 0.15) is 0 Å². The lowest BCUT2D eigenvalue weighted by Gasteiger charge is -2.39. The van der Waals surface area contributed by atoms with Crippen molar-refractivity contribution >= 4 is 0 Å². The molecule has 0 aromatic rings. The molecule has 2 nitrogen and oxygen atoms in total. The van der Waals surface area contributed by atoms with E-state index in [1.165, 1.54) is 25.8 Å². The van der Waals surface area contributed by atoms with Crippen LogP contribution in [0.15, 0.2) is 0 Å². The lowest BCUT2D eigenvalue weighted by atomic mass is 10.1. The van der Waals surface area contributed by atoms with Crippen LogP contribution in [0, 0.1) is 0 Å². The Morgan fingerprint density at radius 1 is 1.33 bits per heavy atom. The van der Waals surface area contributed by atoms with E-state index in [0.29, 0.717) is 18.2 Å². The Morgan fingerprint density at radius 2 is 2.17 bits per heavy atom. The summed E-state index contributed by atoms with van der Waals surface area (Å²) >= 11 is 0. The zero-order chi connectivity index (χ0) is 8.55. The minimum atomic E-state index is 0.533. The second-order valence-electron chi connectivity index (χ2n) is 4.33. The Labute approximate surface area is 74.9 Å². The summed E-state index contributed by atoms with van der Waals surface area (Å²) in [4.78, 5) is 2.61. The van der Waals surface area contributed by atoms with Gasteiger partial charge in [0.25, 0.3) is 0 Å². The van der Waals surface area contributed by atoms with Crippen LogP contribution in [0.25, 0.3) is 0 Å². The zero-order valence-corrected chi connectivity index (χ0v) is 8.12. The number of ether oxygens (including phenoxy) is 1. The summed E-state index contributed by atoms with van der Waals surface area (Å²) in [5, 5.41) is 0. The molecule has 0 aromatic heterocycles. The molecule has 0 aromatic carbocycles. The molecule has 2 bridgehead atoms. The predicted octanol–water partition coefficient (Wildman–Crippen LogP) is 1.65.